The number of rotatable bonds is 4. The molecule has 1 aromatic heterocycles. The summed E-state index contributed by atoms with van der Waals surface area (Å²) in [6.07, 6.45) is 0. The summed E-state index contributed by atoms with van der Waals surface area (Å²) < 4.78 is 6.61. The summed E-state index contributed by atoms with van der Waals surface area (Å²) in [5.41, 5.74) is 1.73. The van der Waals surface area contributed by atoms with E-state index in [9.17, 15) is 0 Å². The van der Waals surface area contributed by atoms with E-state index < -0.39 is 0 Å². The molecular weight excluding hydrogens is 337 g/mol. The molecule has 2 nitrogen and oxygen atoms in total. The highest BCUT2D eigenvalue weighted by Crippen LogP contribution is 2.20. The summed E-state index contributed by atoms with van der Waals surface area (Å²) in [6, 6.07) is 11.3. The van der Waals surface area contributed by atoms with Crippen LogP contribution in [0.4, 0.5) is 0 Å². The van der Waals surface area contributed by atoms with Crippen LogP contribution in [0.25, 0.3) is 0 Å². The van der Waals surface area contributed by atoms with Crippen molar-refractivity contribution in [3.63, 3.8) is 0 Å². The first-order valence-corrected chi connectivity index (χ1v) is 6.84. The fourth-order valence-corrected chi connectivity index (χ4v) is 2.16. The quantitative estimate of drug-likeness (QED) is 0.737. The molecule has 18 heavy (non-hydrogen) atoms. The van der Waals surface area contributed by atoms with E-state index in [2.05, 4.69) is 20.9 Å². The molecule has 0 saturated heterocycles. The summed E-state index contributed by atoms with van der Waals surface area (Å²) in [7, 11) is 0. The number of pyridine rings is 1. The van der Waals surface area contributed by atoms with Gasteiger partial charge in [0.2, 0.25) is 0 Å². The van der Waals surface area contributed by atoms with Crippen LogP contribution in [0.1, 0.15) is 11.3 Å². The Morgan fingerprint density at radius 3 is 2.61 bits per heavy atom. The van der Waals surface area contributed by atoms with Crippen molar-refractivity contribution >= 4 is 39.1 Å². The third-order valence-corrected chi connectivity index (χ3v) is 3.67. The van der Waals surface area contributed by atoms with Crippen molar-refractivity contribution < 1.29 is 4.74 Å². The Labute approximate surface area is 124 Å². The number of aromatic nitrogens is 1. The molecule has 0 radical (unpaired) electrons. The lowest BCUT2D eigenvalue weighted by Crippen LogP contribution is -1.98. The Balaban J connectivity index is 1.96. The van der Waals surface area contributed by atoms with Gasteiger partial charge in [0.15, 0.2) is 0 Å². The molecule has 0 fully saturated rings. The molecule has 0 amide bonds. The van der Waals surface area contributed by atoms with Crippen LogP contribution in [0, 0.1) is 0 Å². The van der Waals surface area contributed by atoms with Crippen LogP contribution < -0.4 is 0 Å². The van der Waals surface area contributed by atoms with Gasteiger partial charge in [0.25, 0.3) is 0 Å². The molecule has 0 spiro atoms. The van der Waals surface area contributed by atoms with Gasteiger partial charge in [0.1, 0.15) is 5.15 Å². The van der Waals surface area contributed by atoms with Crippen LogP contribution in [0.5, 0.6) is 0 Å². The lowest BCUT2D eigenvalue weighted by Gasteiger charge is -2.07. The maximum absolute atomic E-state index is 6.00. The Kier molecular flexibility index (Phi) is 5.01. The second kappa shape index (κ2) is 6.53. The molecule has 2 aromatic rings. The summed E-state index contributed by atoms with van der Waals surface area (Å²) >= 11 is 15.3. The van der Waals surface area contributed by atoms with Gasteiger partial charge in [-0.25, -0.2) is 4.98 Å². The van der Waals surface area contributed by atoms with Crippen LogP contribution in [0.15, 0.2) is 40.9 Å². The molecule has 0 bridgehead atoms. The van der Waals surface area contributed by atoms with E-state index >= 15 is 0 Å². The molecule has 0 aliphatic rings. The summed E-state index contributed by atoms with van der Waals surface area (Å²) in [5.74, 6) is 0. The minimum absolute atomic E-state index is 0.334. The van der Waals surface area contributed by atoms with E-state index in [0.717, 1.165) is 10.0 Å². The first-order chi connectivity index (χ1) is 8.66. The third-order valence-electron chi connectivity index (χ3n) is 2.34. The third kappa shape index (κ3) is 3.69. The second-order valence-electron chi connectivity index (χ2n) is 3.65. The van der Waals surface area contributed by atoms with Crippen molar-refractivity contribution in [1.82, 2.24) is 4.98 Å². The van der Waals surface area contributed by atoms with E-state index in [4.69, 9.17) is 27.9 Å². The van der Waals surface area contributed by atoms with Crippen molar-refractivity contribution in [2.45, 2.75) is 13.2 Å². The van der Waals surface area contributed by atoms with E-state index in [0.29, 0.717) is 29.1 Å². The highest BCUT2D eigenvalue weighted by atomic mass is 79.9. The number of hydrogen-bond donors (Lipinski definition) is 0. The van der Waals surface area contributed by atoms with Crippen LogP contribution in [-0.2, 0) is 18.0 Å². The predicted molar refractivity (Wildman–Crippen MR) is 76.9 cm³/mol. The average Bonchev–Trinajstić information content (AvgIpc) is 2.36. The molecule has 0 unspecified atom stereocenters. The summed E-state index contributed by atoms with van der Waals surface area (Å²) in [4.78, 5) is 4.12. The minimum Gasteiger partial charge on any atom is -0.370 e. The highest BCUT2D eigenvalue weighted by Gasteiger charge is 2.04. The largest absolute Gasteiger partial charge is 0.370 e. The van der Waals surface area contributed by atoms with Gasteiger partial charge >= 0.3 is 0 Å². The molecule has 1 heterocycles. The lowest BCUT2D eigenvalue weighted by atomic mass is 10.2. The fourth-order valence-electron chi connectivity index (χ4n) is 1.43. The van der Waals surface area contributed by atoms with Crippen molar-refractivity contribution in [3.8, 4) is 0 Å². The minimum atomic E-state index is 0.334. The molecular formula is C13H10BrCl2NO. The van der Waals surface area contributed by atoms with Gasteiger partial charge in [-0.1, -0.05) is 57.3 Å². The number of ether oxygens (including phenoxy) is 1. The first-order valence-electron chi connectivity index (χ1n) is 5.29. The Morgan fingerprint density at radius 1 is 1.06 bits per heavy atom. The predicted octanol–water partition coefficient (Wildman–Crippen LogP) is 4.87. The van der Waals surface area contributed by atoms with Crippen LogP contribution >= 0.6 is 39.1 Å². The zero-order valence-corrected chi connectivity index (χ0v) is 12.5. The van der Waals surface area contributed by atoms with Gasteiger partial charge in [0, 0.05) is 4.47 Å². The summed E-state index contributed by atoms with van der Waals surface area (Å²) in [5, 5.41) is 0.977. The van der Waals surface area contributed by atoms with Crippen molar-refractivity contribution in [3.05, 3.63) is 62.3 Å². The normalized spacial score (nSPS) is 10.6. The monoisotopic (exact) mass is 345 g/mol. The standard InChI is InChI=1S/C13H10BrCl2NO/c14-10-4-2-1-3-9(10)7-18-8-12-11(15)5-6-13(16)17-12/h1-6H,7-8H2. The van der Waals surface area contributed by atoms with Gasteiger partial charge in [-0.05, 0) is 23.8 Å². The molecule has 94 valence electrons. The molecule has 1 aromatic carbocycles. The van der Waals surface area contributed by atoms with Gasteiger partial charge in [0.05, 0.1) is 23.9 Å². The van der Waals surface area contributed by atoms with Crippen LogP contribution in [0.3, 0.4) is 0 Å². The van der Waals surface area contributed by atoms with Gasteiger partial charge in [-0.3, -0.25) is 0 Å². The Bertz CT molecular complexity index is 548. The Morgan fingerprint density at radius 2 is 1.83 bits per heavy atom. The lowest BCUT2D eigenvalue weighted by molar-refractivity contribution is 0.104. The fraction of sp³-hybridized carbons (Fsp3) is 0.154. The molecule has 0 aliphatic carbocycles. The van der Waals surface area contributed by atoms with E-state index in [1.807, 2.05) is 24.3 Å². The van der Waals surface area contributed by atoms with E-state index in [-0.39, 0.29) is 0 Å². The zero-order chi connectivity index (χ0) is 13.0. The van der Waals surface area contributed by atoms with Crippen LogP contribution in [-0.4, -0.2) is 4.98 Å². The van der Waals surface area contributed by atoms with Crippen molar-refractivity contribution in [2.75, 3.05) is 0 Å². The molecule has 2 rings (SSSR count). The van der Waals surface area contributed by atoms with Gasteiger partial charge in [-0.2, -0.15) is 0 Å². The van der Waals surface area contributed by atoms with Gasteiger partial charge in [-0.15, -0.1) is 0 Å². The zero-order valence-electron chi connectivity index (χ0n) is 9.37. The highest BCUT2D eigenvalue weighted by molar-refractivity contribution is 9.10. The maximum atomic E-state index is 6.00. The smallest absolute Gasteiger partial charge is 0.129 e. The second-order valence-corrected chi connectivity index (χ2v) is 5.30. The molecule has 0 N–H and O–H groups in total. The number of halogens is 3. The topological polar surface area (TPSA) is 22.1 Å². The molecule has 5 heteroatoms. The first kappa shape index (κ1) is 13.8. The molecule has 0 aliphatic heterocycles. The number of hydrogen-bond acceptors (Lipinski definition) is 2. The van der Waals surface area contributed by atoms with E-state index in [1.165, 1.54) is 0 Å². The molecule has 0 atom stereocenters. The van der Waals surface area contributed by atoms with E-state index in [1.54, 1.807) is 12.1 Å². The van der Waals surface area contributed by atoms with Gasteiger partial charge < -0.3 is 4.74 Å². The maximum Gasteiger partial charge on any atom is 0.129 e. The van der Waals surface area contributed by atoms with Crippen molar-refractivity contribution in [1.29, 1.82) is 0 Å². The number of benzene rings is 1. The number of nitrogens with zero attached hydrogens (tertiary/aromatic N) is 1. The summed E-state index contributed by atoms with van der Waals surface area (Å²) in [6.45, 7) is 0.826. The van der Waals surface area contributed by atoms with Crippen molar-refractivity contribution in [2.24, 2.45) is 0 Å². The Hall–Kier alpha value is -0.610. The molecule has 0 saturated carbocycles. The van der Waals surface area contributed by atoms with Crippen LogP contribution in [0.2, 0.25) is 10.2 Å². The average molecular weight is 347 g/mol. The SMILES string of the molecule is Clc1ccc(Cl)c(COCc2ccccc2Br)n1.